The Labute approximate surface area is 117 Å². The summed E-state index contributed by atoms with van der Waals surface area (Å²) in [6.45, 7) is 13.4. The molecule has 0 aromatic heterocycles. The quantitative estimate of drug-likeness (QED) is 0.803. The summed E-state index contributed by atoms with van der Waals surface area (Å²) in [6, 6.07) is 0.0756. The molecule has 0 aliphatic carbocycles. The van der Waals surface area contributed by atoms with Gasteiger partial charge in [0.25, 0.3) is 0 Å². The Bertz CT molecular complexity index is 303. The van der Waals surface area contributed by atoms with Crippen molar-refractivity contribution in [1.82, 2.24) is 10.2 Å². The van der Waals surface area contributed by atoms with Gasteiger partial charge in [-0.3, -0.25) is 10.1 Å². The Kier molecular flexibility index (Phi) is 5.81. The molecule has 1 aliphatic rings. The molecule has 1 N–H and O–H groups in total. The van der Waals surface area contributed by atoms with Gasteiger partial charge in [0, 0.05) is 7.11 Å². The van der Waals surface area contributed by atoms with Crippen LogP contribution in [0.5, 0.6) is 0 Å². The smallest absolute Gasteiger partial charge is 0.241 e. The van der Waals surface area contributed by atoms with Gasteiger partial charge in [-0.1, -0.05) is 41.5 Å². The number of hydrogen-bond donors (Lipinski definition) is 1. The van der Waals surface area contributed by atoms with Crippen LogP contribution in [0.25, 0.3) is 0 Å². The summed E-state index contributed by atoms with van der Waals surface area (Å²) in [5.74, 6) is 1.32. The molecule has 1 fully saturated rings. The first kappa shape index (κ1) is 16.4. The number of nitrogens with one attached hydrogen (secondary N) is 1. The number of carbonyl (C=O) groups is 1. The van der Waals surface area contributed by atoms with Gasteiger partial charge in [0.15, 0.2) is 0 Å². The molecule has 4 nitrogen and oxygen atoms in total. The average molecular weight is 270 g/mol. The summed E-state index contributed by atoms with van der Waals surface area (Å²) >= 11 is 0. The molecule has 0 spiro atoms. The normalized spacial score (nSPS) is 26.0. The lowest BCUT2D eigenvalue weighted by Gasteiger charge is -2.36. The van der Waals surface area contributed by atoms with Crippen molar-refractivity contribution in [2.75, 3.05) is 13.7 Å². The Morgan fingerprint density at radius 2 is 1.74 bits per heavy atom. The molecule has 1 amide bonds. The van der Waals surface area contributed by atoms with E-state index in [1.54, 1.807) is 7.11 Å². The second-order valence-electron chi connectivity index (χ2n) is 6.59. The van der Waals surface area contributed by atoms with E-state index in [1.807, 2.05) is 4.90 Å². The van der Waals surface area contributed by atoms with E-state index in [9.17, 15) is 4.79 Å². The molecular formula is C15H30N2O2. The van der Waals surface area contributed by atoms with Crippen LogP contribution in [0.1, 0.15) is 41.5 Å². The van der Waals surface area contributed by atoms with Crippen molar-refractivity contribution in [1.29, 1.82) is 0 Å². The maximum absolute atomic E-state index is 12.7. The average Bonchev–Trinajstić information content (AvgIpc) is 2.63. The third-order valence-corrected chi connectivity index (χ3v) is 3.93. The molecule has 1 aliphatic heterocycles. The van der Waals surface area contributed by atoms with Gasteiger partial charge in [-0.2, -0.15) is 0 Å². The summed E-state index contributed by atoms with van der Waals surface area (Å²) in [6.07, 6.45) is 0.113. The maximum atomic E-state index is 12.7. The van der Waals surface area contributed by atoms with Crippen LogP contribution >= 0.6 is 0 Å². The molecule has 1 saturated heterocycles. The zero-order valence-corrected chi connectivity index (χ0v) is 13.4. The summed E-state index contributed by atoms with van der Waals surface area (Å²) < 4.78 is 5.33. The fraction of sp³-hybridized carbons (Fsp3) is 0.933. The number of rotatable bonds is 6. The zero-order valence-electron chi connectivity index (χ0n) is 13.4. The fourth-order valence-electron chi connectivity index (χ4n) is 2.76. The number of amides is 1. The third-order valence-electron chi connectivity index (χ3n) is 3.93. The maximum Gasteiger partial charge on any atom is 0.241 e. The second-order valence-corrected chi connectivity index (χ2v) is 6.59. The molecule has 1 heterocycles. The van der Waals surface area contributed by atoms with Crippen LogP contribution in [0.15, 0.2) is 0 Å². The molecule has 4 heteroatoms. The molecular weight excluding hydrogens is 240 g/mol. The standard InChI is InChI=1S/C15H30N2O2/c1-9(2)12(8-19-7)17-14(11(5)6)16-13(10(3)4)15(17)18/h9-14,16H,8H2,1-7H3. The summed E-state index contributed by atoms with van der Waals surface area (Å²) in [7, 11) is 1.70. The highest BCUT2D eigenvalue weighted by Gasteiger charge is 2.45. The van der Waals surface area contributed by atoms with Crippen molar-refractivity contribution >= 4 is 5.91 Å². The molecule has 3 atom stereocenters. The minimum Gasteiger partial charge on any atom is -0.383 e. The molecule has 0 saturated carbocycles. The molecule has 3 unspecified atom stereocenters. The molecule has 0 aromatic rings. The molecule has 112 valence electrons. The van der Waals surface area contributed by atoms with Gasteiger partial charge in [-0.25, -0.2) is 0 Å². The first-order valence-corrected chi connectivity index (χ1v) is 7.38. The van der Waals surface area contributed by atoms with Crippen molar-refractivity contribution in [3.05, 3.63) is 0 Å². The Morgan fingerprint density at radius 1 is 1.16 bits per heavy atom. The van der Waals surface area contributed by atoms with Crippen molar-refractivity contribution in [2.45, 2.75) is 59.8 Å². The van der Waals surface area contributed by atoms with Gasteiger partial charge in [-0.05, 0) is 17.8 Å². The van der Waals surface area contributed by atoms with E-state index in [-0.39, 0.29) is 24.2 Å². The van der Waals surface area contributed by atoms with E-state index in [2.05, 4.69) is 46.9 Å². The van der Waals surface area contributed by atoms with Gasteiger partial charge in [0.05, 0.1) is 24.9 Å². The molecule has 0 aromatic carbocycles. The van der Waals surface area contributed by atoms with Crippen LogP contribution in [0.2, 0.25) is 0 Å². The minimum absolute atomic E-state index is 0.0643. The predicted octanol–water partition coefficient (Wildman–Crippen LogP) is 2.10. The highest BCUT2D eigenvalue weighted by Crippen LogP contribution is 2.26. The van der Waals surface area contributed by atoms with Gasteiger partial charge in [0.2, 0.25) is 5.91 Å². The van der Waals surface area contributed by atoms with Crippen molar-refractivity contribution in [3.63, 3.8) is 0 Å². The largest absolute Gasteiger partial charge is 0.383 e. The van der Waals surface area contributed by atoms with E-state index in [0.717, 1.165) is 0 Å². The first-order chi connectivity index (χ1) is 8.81. The van der Waals surface area contributed by atoms with Gasteiger partial charge in [-0.15, -0.1) is 0 Å². The topological polar surface area (TPSA) is 41.6 Å². The van der Waals surface area contributed by atoms with E-state index >= 15 is 0 Å². The zero-order chi connectivity index (χ0) is 14.7. The van der Waals surface area contributed by atoms with Crippen molar-refractivity contribution in [3.8, 4) is 0 Å². The Balaban J connectivity index is 3.01. The second kappa shape index (κ2) is 6.71. The lowest BCUT2D eigenvalue weighted by molar-refractivity contribution is -0.136. The number of nitrogens with zero attached hydrogens (tertiary/aromatic N) is 1. The minimum atomic E-state index is -0.0643. The summed E-state index contributed by atoms with van der Waals surface area (Å²) in [5.41, 5.74) is 0. The number of ether oxygens (including phenoxy) is 1. The fourth-order valence-corrected chi connectivity index (χ4v) is 2.76. The SMILES string of the molecule is COCC(C(C)C)N1C(=O)C(C(C)C)NC1C(C)C. The van der Waals surface area contributed by atoms with E-state index in [4.69, 9.17) is 4.74 Å². The lowest BCUT2D eigenvalue weighted by Crippen LogP contribution is -2.51. The van der Waals surface area contributed by atoms with Crippen molar-refractivity contribution < 1.29 is 9.53 Å². The highest BCUT2D eigenvalue weighted by molar-refractivity contribution is 5.85. The van der Waals surface area contributed by atoms with Crippen LogP contribution in [-0.2, 0) is 9.53 Å². The summed E-state index contributed by atoms with van der Waals surface area (Å²) in [4.78, 5) is 14.7. The lowest BCUT2D eigenvalue weighted by atomic mass is 10.00. The predicted molar refractivity (Wildman–Crippen MR) is 77.7 cm³/mol. The Hall–Kier alpha value is -0.610. The van der Waals surface area contributed by atoms with E-state index < -0.39 is 0 Å². The molecule has 0 radical (unpaired) electrons. The third kappa shape index (κ3) is 3.48. The van der Waals surface area contributed by atoms with Gasteiger partial charge >= 0.3 is 0 Å². The Morgan fingerprint density at radius 3 is 2.11 bits per heavy atom. The summed E-state index contributed by atoms with van der Waals surface area (Å²) in [5, 5.41) is 3.50. The number of hydrogen-bond acceptors (Lipinski definition) is 3. The highest BCUT2D eigenvalue weighted by atomic mass is 16.5. The molecule has 19 heavy (non-hydrogen) atoms. The van der Waals surface area contributed by atoms with E-state index in [1.165, 1.54) is 0 Å². The van der Waals surface area contributed by atoms with Crippen LogP contribution in [-0.4, -0.2) is 42.8 Å². The van der Waals surface area contributed by atoms with Gasteiger partial charge in [0.1, 0.15) is 0 Å². The van der Waals surface area contributed by atoms with Crippen LogP contribution in [0.3, 0.4) is 0 Å². The first-order valence-electron chi connectivity index (χ1n) is 7.38. The molecule has 1 rings (SSSR count). The van der Waals surface area contributed by atoms with Crippen LogP contribution in [0.4, 0.5) is 0 Å². The van der Waals surface area contributed by atoms with Crippen LogP contribution < -0.4 is 5.32 Å². The van der Waals surface area contributed by atoms with E-state index in [0.29, 0.717) is 24.4 Å². The van der Waals surface area contributed by atoms with Gasteiger partial charge < -0.3 is 9.64 Å². The van der Waals surface area contributed by atoms with Crippen molar-refractivity contribution in [2.24, 2.45) is 17.8 Å². The number of methoxy groups -OCH3 is 1. The monoisotopic (exact) mass is 270 g/mol. The molecule has 0 bridgehead atoms. The number of carbonyl (C=O) groups excluding carboxylic acids is 1. The van der Waals surface area contributed by atoms with Crippen LogP contribution in [0, 0.1) is 17.8 Å².